The van der Waals surface area contributed by atoms with Crippen molar-refractivity contribution in [1.82, 2.24) is 14.8 Å². The average Bonchev–Trinajstić information content (AvgIpc) is 3.04. The van der Waals surface area contributed by atoms with E-state index in [2.05, 4.69) is 14.8 Å². The van der Waals surface area contributed by atoms with Gasteiger partial charge in [0.2, 0.25) is 0 Å². The highest BCUT2D eigenvalue weighted by atomic mass is 32.1. The zero-order valence-corrected chi connectivity index (χ0v) is 9.37. The molecule has 1 unspecified atom stereocenters. The highest BCUT2D eigenvalue weighted by Crippen LogP contribution is 2.30. The van der Waals surface area contributed by atoms with Crippen LogP contribution >= 0.6 is 11.5 Å². The molecule has 1 N–H and O–H groups in total. The van der Waals surface area contributed by atoms with Crippen molar-refractivity contribution in [2.75, 3.05) is 19.8 Å². The summed E-state index contributed by atoms with van der Waals surface area (Å²) in [5.74, 6) is 0. The van der Waals surface area contributed by atoms with Crippen LogP contribution in [0.15, 0.2) is 28.3 Å². The highest BCUT2D eigenvalue weighted by molar-refractivity contribution is 7.03. The van der Waals surface area contributed by atoms with Gasteiger partial charge in [-0.15, -0.1) is 0 Å². The van der Waals surface area contributed by atoms with Crippen LogP contribution in [0.1, 0.15) is 11.4 Å². The van der Waals surface area contributed by atoms with Crippen LogP contribution in [0.5, 0.6) is 0 Å². The van der Waals surface area contributed by atoms with E-state index in [-0.39, 0.29) is 0 Å². The van der Waals surface area contributed by atoms with Crippen LogP contribution in [0.25, 0.3) is 0 Å². The number of rotatable bonds is 2. The van der Waals surface area contributed by atoms with E-state index < -0.39 is 5.54 Å². The van der Waals surface area contributed by atoms with Crippen LogP contribution in [0.2, 0.25) is 0 Å². The fraction of sp³-hybridized carbons (Fsp3) is 0.400. The van der Waals surface area contributed by atoms with E-state index in [1.807, 2.05) is 17.5 Å². The van der Waals surface area contributed by atoms with Gasteiger partial charge in [0.1, 0.15) is 17.5 Å². The molecule has 6 heteroatoms. The summed E-state index contributed by atoms with van der Waals surface area (Å²) in [6.45, 7) is 2.03. The molecule has 3 heterocycles. The predicted molar refractivity (Wildman–Crippen MR) is 58.2 cm³/mol. The van der Waals surface area contributed by atoms with Crippen molar-refractivity contribution in [3.05, 3.63) is 35.2 Å². The Balaban J connectivity index is 2.07. The van der Waals surface area contributed by atoms with E-state index in [1.165, 1.54) is 11.5 Å². The van der Waals surface area contributed by atoms with Gasteiger partial charge in [0, 0.05) is 18.0 Å². The molecule has 1 atom stereocenters. The van der Waals surface area contributed by atoms with Gasteiger partial charge in [-0.3, -0.25) is 5.32 Å². The summed E-state index contributed by atoms with van der Waals surface area (Å²) < 4.78 is 14.9. The zero-order valence-electron chi connectivity index (χ0n) is 8.55. The maximum atomic E-state index is 5.55. The molecule has 1 saturated heterocycles. The van der Waals surface area contributed by atoms with Crippen molar-refractivity contribution in [2.24, 2.45) is 0 Å². The van der Waals surface area contributed by atoms with E-state index in [4.69, 9.17) is 9.26 Å². The lowest BCUT2D eigenvalue weighted by Crippen LogP contribution is -2.52. The molecule has 0 amide bonds. The normalized spacial score (nSPS) is 25.8. The van der Waals surface area contributed by atoms with Crippen LogP contribution in [0.4, 0.5) is 0 Å². The van der Waals surface area contributed by atoms with Crippen LogP contribution in [-0.2, 0) is 10.3 Å². The van der Waals surface area contributed by atoms with Crippen molar-refractivity contribution in [3.8, 4) is 0 Å². The molecule has 1 aliphatic heterocycles. The molecule has 0 spiro atoms. The largest absolute Gasteiger partial charge is 0.377 e. The summed E-state index contributed by atoms with van der Waals surface area (Å²) in [6.07, 6.45) is 1.57. The highest BCUT2D eigenvalue weighted by Gasteiger charge is 2.40. The molecule has 1 fully saturated rings. The Kier molecular flexibility index (Phi) is 2.47. The van der Waals surface area contributed by atoms with E-state index >= 15 is 0 Å². The summed E-state index contributed by atoms with van der Waals surface area (Å²) in [5.41, 5.74) is 1.30. The fourth-order valence-electron chi connectivity index (χ4n) is 1.94. The molecular formula is C10H11N3O2S. The standard InChI is InChI=1S/C10H11N3O2S/c1-4-15-12-8(1)10(7-14-5-3-11-10)9-2-6-16-13-9/h1-2,4,6,11H,3,5,7H2. The molecule has 0 radical (unpaired) electrons. The molecule has 0 aliphatic carbocycles. The lowest BCUT2D eigenvalue weighted by Gasteiger charge is -2.34. The number of ether oxygens (including phenoxy) is 1. The molecule has 84 valence electrons. The molecule has 2 aromatic heterocycles. The Morgan fingerprint density at radius 3 is 3.00 bits per heavy atom. The smallest absolute Gasteiger partial charge is 0.132 e. The molecule has 0 bridgehead atoms. The molecule has 5 nitrogen and oxygen atoms in total. The van der Waals surface area contributed by atoms with Crippen LogP contribution in [0.3, 0.4) is 0 Å². The van der Waals surface area contributed by atoms with Gasteiger partial charge in [-0.1, -0.05) is 5.16 Å². The van der Waals surface area contributed by atoms with Gasteiger partial charge in [0.05, 0.1) is 18.9 Å². The first kappa shape index (κ1) is 9.95. The third-order valence-electron chi connectivity index (χ3n) is 2.74. The Morgan fingerprint density at radius 1 is 1.38 bits per heavy atom. The Morgan fingerprint density at radius 2 is 2.38 bits per heavy atom. The predicted octanol–water partition coefficient (Wildman–Crippen LogP) is 0.994. The summed E-state index contributed by atoms with van der Waals surface area (Å²) in [4.78, 5) is 0. The van der Waals surface area contributed by atoms with Gasteiger partial charge in [0.25, 0.3) is 0 Å². The number of nitrogens with one attached hydrogen (secondary N) is 1. The number of nitrogens with zero attached hydrogens (tertiary/aromatic N) is 2. The summed E-state index contributed by atoms with van der Waals surface area (Å²) in [7, 11) is 0. The van der Waals surface area contributed by atoms with E-state index in [1.54, 1.807) is 6.26 Å². The van der Waals surface area contributed by atoms with E-state index in [9.17, 15) is 0 Å². The SMILES string of the molecule is c1cc(C2(c3ccsn3)COCCN2)no1. The van der Waals surface area contributed by atoms with Gasteiger partial charge in [0.15, 0.2) is 0 Å². The zero-order chi connectivity index (χ0) is 10.8. The average molecular weight is 237 g/mol. The molecule has 3 rings (SSSR count). The fourth-order valence-corrected chi connectivity index (χ4v) is 2.52. The summed E-state index contributed by atoms with van der Waals surface area (Å²) in [6, 6.07) is 3.84. The number of aromatic nitrogens is 2. The Labute approximate surface area is 96.6 Å². The quantitative estimate of drug-likeness (QED) is 0.844. The first-order valence-electron chi connectivity index (χ1n) is 5.06. The monoisotopic (exact) mass is 237 g/mol. The first-order valence-corrected chi connectivity index (χ1v) is 5.90. The molecule has 0 aromatic carbocycles. The van der Waals surface area contributed by atoms with E-state index in [0.717, 1.165) is 17.9 Å². The van der Waals surface area contributed by atoms with Gasteiger partial charge in [-0.2, -0.15) is 4.37 Å². The van der Waals surface area contributed by atoms with Crippen molar-refractivity contribution >= 4 is 11.5 Å². The van der Waals surface area contributed by atoms with Gasteiger partial charge in [-0.25, -0.2) is 0 Å². The summed E-state index contributed by atoms with van der Waals surface area (Å²) in [5, 5.41) is 9.40. The van der Waals surface area contributed by atoms with Crippen LogP contribution < -0.4 is 5.32 Å². The lowest BCUT2D eigenvalue weighted by molar-refractivity contribution is 0.0390. The van der Waals surface area contributed by atoms with E-state index in [0.29, 0.717) is 13.2 Å². The molecule has 2 aromatic rings. The van der Waals surface area contributed by atoms with Crippen LogP contribution in [-0.4, -0.2) is 29.3 Å². The second-order valence-corrected chi connectivity index (χ2v) is 4.32. The third kappa shape index (κ3) is 1.46. The first-order chi connectivity index (χ1) is 7.92. The van der Waals surface area contributed by atoms with Crippen molar-refractivity contribution in [3.63, 3.8) is 0 Å². The maximum Gasteiger partial charge on any atom is 0.132 e. The van der Waals surface area contributed by atoms with Crippen LogP contribution in [0, 0.1) is 0 Å². The second-order valence-electron chi connectivity index (χ2n) is 3.65. The van der Waals surface area contributed by atoms with Gasteiger partial charge >= 0.3 is 0 Å². The molecule has 1 aliphatic rings. The Hall–Kier alpha value is -1.24. The van der Waals surface area contributed by atoms with Crippen molar-refractivity contribution < 1.29 is 9.26 Å². The minimum atomic E-state index is -0.453. The summed E-state index contributed by atoms with van der Waals surface area (Å²) >= 11 is 1.43. The molecular weight excluding hydrogens is 226 g/mol. The molecule has 16 heavy (non-hydrogen) atoms. The Bertz CT molecular complexity index is 398. The number of hydrogen-bond donors (Lipinski definition) is 1. The maximum absolute atomic E-state index is 5.55. The van der Waals surface area contributed by atoms with Crippen molar-refractivity contribution in [1.29, 1.82) is 0 Å². The number of hydrogen-bond acceptors (Lipinski definition) is 6. The number of morpholine rings is 1. The minimum Gasteiger partial charge on any atom is -0.377 e. The van der Waals surface area contributed by atoms with Gasteiger partial charge in [-0.05, 0) is 17.6 Å². The third-order valence-corrected chi connectivity index (χ3v) is 3.30. The topological polar surface area (TPSA) is 60.2 Å². The molecule has 0 saturated carbocycles. The van der Waals surface area contributed by atoms with Gasteiger partial charge < -0.3 is 9.26 Å². The van der Waals surface area contributed by atoms with Crippen molar-refractivity contribution in [2.45, 2.75) is 5.54 Å². The lowest BCUT2D eigenvalue weighted by atomic mass is 9.91. The minimum absolute atomic E-state index is 0.453. The second kappa shape index (κ2) is 3.97.